The van der Waals surface area contributed by atoms with Crippen molar-refractivity contribution in [2.24, 2.45) is 4.99 Å². The zero-order valence-corrected chi connectivity index (χ0v) is 14.7. The molecule has 1 N–H and O–H groups in total. The fourth-order valence-corrected chi connectivity index (χ4v) is 3.47. The summed E-state index contributed by atoms with van der Waals surface area (Å²) in [5.74, 6) is 0.492. The number of para-hydroxylation sites is 1. The number of carbonyl (C=O) groups is 1. The van der Waals surface area contributed by atoms with E-state index in [9.17, 15) is 4.79 Å². The third-order valence-electron chi connectivity index (χ3n) is 4.92. The van der Waals surface area contributed by atoms with Crippen LogP contribution in [0.1, 0.15) is 24.3 Å². The molecule has 2 aliphatic rings. The van der Waals surface area contributed by atoms with E-state index in [1.165, 1.54) is 25.9 Å². The van der Waals surface area contributed by atoms with Crippen LogP contribution in [-0.2, 0) is 4.79 Å². The first-order chi connectivity index (χ1) is 12.8. The van der Waals surface area contributed by atoms with E-state index in [4.69, 9.17) is 4.74 Å². The average Bonchev–Trinajstić information content (AvgIpc) is 3.28. The molecular formula is C21H23N3O2. The van der Waals surface area contributed by atoms with Crippen molar-refractivity contribution in [3.63, 3.8) is 0 Å². The Morgan fingerprint density at radius 2 is 1.88 bits per heavy atom. The summed E-state index contributed by atoms with van der Waals surface area (Å²) in [7, 11) is 0. The van der Waals surface area contributed by atoms with Gasteiger partial charge >= 0.3 is 0 Å². The summed E-state index contributed by atoms with van der Waals surface area (Å²) in [4.78, 5) is 19.0. The van der Waals surface area contributed by atoms with Crippen molar-refractivity contribution in [2.75, 3.05) is 31.6 Å². The summed E-state index contributed by atoms with van der Waals surface area (Å²) in [6.45, 7) is 4.07. The third kappa shape index (κ3) is 3.78. The van der Waals surface area contributed by atoms with Gasteiger partial charge in [-0.15, -0.1) is 0 Å². The minimum Gasteiger partial charge on any atom is -0.492 e. The SMILES string of the molecule is O=C1Nc2ccccc2C1C=Nc1ccc(OCCN2CCCC2)cc1. The molecule has 2 aromatic carbocycles. The zero-order chi connectivity index (χ0) is 17.8. The minimum absolute atomic E-state index is 0.0307. The minimum atomic E-state index is -0.331. The highest BCUT2D eigenvalue weighted by atomic mass is 16.5. The van der Waals surface area contributed by atoms with Crippen molar-refractivity contribution in [2.45, 2.75) is 18.8 Å². The van der Waals surface area contributed by atoms with E-state index in [0.29, 0.717) is 6.61 Å². The van der Waals surface area contributed by atoms with Crippen molar-refractivity contribution in [1.29, 1.82) is 0 Å². The highest BCUT2D eigenvalue weighted by Crippen LogP contribution is 2.31. The third-order valence-corrected chi connectivity index (χ3v) is 4.92. The molecule has 1 saturated heterocycles. The summed E-state index contributed by atoms with van der Waals surface area (Å²) >= 11 is 0. The number of nitrogens with one attached hydrogen (secondary N) is 1. The van der Waals surface area contributed by atoms with E-state index in [0.717, 1.165) is 29.2 Å². The van der Waals surface area contributed by atoms with Gasteiger partial charge in [0.2, 0.25) is 5.91 Å². The van der Waals surface area contributed by atoms with Gasteiger partial charge in [-0.25, -0.2) is 0 Å². The molecule has 1 atom stereocenters. The Labute approximate surface area is 153 Å². The lowest BCUT2D eigenvalue weighted by Crippen LogP contribution is -2.25. The molecule has 5 heteroatoms. The maximum absolute atomic E-state index is 12.1. The van der Waals surface area contributed by atoms with Crippen LogP contribution in [0.3, 0.4) is 0 Å². The lowest BCUT2D eigenvalue weighted by molar-refractivity contribution is -0.115. The van der Waals surface area contributed by atoms with Gasteiger partial charge < -0.3 is 10.1 Å². The predicted molar refractivity (Wildman–Crippen MR) is 104 cm³/mol. The number of aliphatic imine (C=N–C) groups is 1. The van der Waals surface area contributed by atoms with Crippen LogP contribution < -0.4 is 10.1 Å². The van der Waals surface area contributed by atoms with Crippen LogP contribution in [0, 0.1) is 0 Å². The smallest absolute Gasteiger partial charge is 0.237 e. The molecule has 134 valence electrons. The van der Waals surface area contributed by atoms with Crippen molar-refractivity contribution in [3.05, 3.63) is 54.1 Å². The van der Waals surface area contributed by atoms with Gasteiger partial charge in [-0.2, -0.15) is 0 Å². The first kappa shape index (κ1) is 16.8. The number of hydrogen-bond donors (Lipinski definition) is 1. The molecule has 1 unspecified atom stereocenters. The maximum atomic E-state index is 12.1. The van der Waals surface area contributed by atoms with E-state index >= 15 is 0 Å². The Bertz CT molecular complexity index is 795. The van der Waals surface area contributed by atoms with Crippen LogP contribution in [0.2, 0.25) is 0 Å². The number of nitrogens with zero attached hydrogens (tertiary/aromatic N) is 2. The molecule has 2 aromatic rings. The van der Waals surface area contributed by atoms with Gasteiger partial charge in [0, 0.05) is 18.4 Å². The van der Waals surface area contributed by atoms with Crippen LogP contribution in [0.25, 0.3) is 0 Å². The normalized spacial score (nSPS) is 19.7. The number of anilines is 1. The van der Waals surface area contributed by atoms with Crippen molar-refractivity contribution >= 4 is 23.5 Å². The second-order valence-electron chi connectivity index (χ2n) is 6.72. The topological polar surface area (TPSA) is 53.9 Å². The Balaban J connectivity index is 1.34. The zero-order valence-electron chi connectivity index (χ0n) is 14.7. The second kappa shape index (κ2) is 7.70. The second-order valence-corrected chi connectivity index (χ2v) is 6.72. The molecule has 0 radical (unpaired) electrons. The number of amides is 1. The molecule has 0 aliphatic carbocycles. The van der Waals surface area contributed by atoms with Gasteiger partial charge in [-0.3, -0.25) is 14.7 Å². The standard InChI is InChI=1S/C21H23N3O2/c25-21-19(18-5-1-2-6-20(18)23-21)15-22-16-7-9-17(10-8-16)26-14-13-24-11-3-4-12-24/h1-2,5-10,15,19H,3-4,11-14H2,(H,23,25). The number of fused-ring (bicyclic) bond motifs is 1. The van der Waals surface area contributed by atoms with E-state index in [1.807, 2.05) is 48.5 Å². The van der Waals surface area contributed by atoms with Crippen molar-refractivity contribution in [1.82, 2.24) is 4.90 Å². The fourth-order valence-electron chi connectivity index (χ4n) is 3.47. The van der Waals surface area contributed by atoms with E-state index in [-0.39, 0.29) is 11.8 Å². The molecule has 0 bridgehead atoms. The molecule has 0 spiro atoms. The van der Waals surface area contributed by atoms with Crippen molar-refractivity contribution in [3.8, 4) is 5.75 Å². The first-order valence-corrected chi connectivity index (χ1v) is 9.19. The van der Waals surface area contributed by atoms with Crippen LogP contribution in [0.5, 0.6) is 5.75 Å². The first-order valence-electron chi connectivity index (χ1n) is 9.19. The molecule has 2 heterocycles. The molecule has 1 fully saturated rings. The number of ether oxygens (including phenoxy) is 1. The Morgan fingerprint density at radius 1 is 1.12 bits per heavy atom. The van der Waals surface area contributed by atoms with Crippen LogP contribution in [-0.4, -0.2) is 43.3 Å². The summed E-state index contributed by atoms with van der Waals surface area (Å²) in [5.41, 5.74) is 2.66. The molecule has 4 rings (SSSR count). The van der Waals surface area contributed by atoms with Crippen LogP contribution >= 0.6 is 0 Å². The Kier molecular flexibility index (Phi) is 4.97. The number of rotatable bonds is 6. The van der Waals surface area contributed by atoms with E-state index in [2.05, 4.69) is 15.2 Å². The molecule has 26 heavy (non-hydrogen) atoms. The average molecular weight is 349 g/mol. The van der Waals surface area contributed by atoms with Crippen LogP contribution in [0.15, 0.2) is 53.5 Å². The van der Waals surface area contributed by atoms with Gasteiger partial charge in [0.15, 0.2) is 0 Å². The lowest BCUT2D eigenvalue weighted by atomic mass is 10.0. The highest BCUT2D eigenvalue weighted by molar-refractivity contribution is 6.12. The highest BCUT2D eigenvalue weighted by Gasteiger charge is 2.28. The van der Waals surface area contributed by atoms with E-state index in [1.54, 1.807) is 6.21 Å². The largest absolute Gasteiger partial charge is 0.492 e. The Hall–Kier alpha value is -2.66. The summed E-state index contributed by atoms with van der Waals surface area (Å²) in [5, 5.41) is 2.88. The molecule has 2 aliphatic heterocycles. The van der Waals surface area contributed by atoms with Gasteiger partial charge in [-0.05, 0) is 61.8 Å². The summed E-state index contributed by atoms with van der Waals surface area (Å²) < 4.78 is 5.81. The van der Waals surface area contributed by atoms with Crippen molar-refractivity contribution < 1.29 is 9.53 Å². The van der Waals surface area contributed by atoms with E-state index < -0.39 is 0 Å². The molecule has 5 nitrogen and oxygen atoms in total. The molecular weight excluding hydrogens is 326 g/mol. The quantitative estimate of drug-likeness (QED) is 0.811. The van der Waals surface area contributed by atoms with Gasteiger partial charge in [0.25, 0.3) is 0 Å². The molecule has 0 aromatic heterocycles. The fraction of sp³-hybridized carbons (Fsp3) is 0.333. The predicted octanol–water partition coefficient (Wildman–Crippen LogP) is 3.60. The van der Waals surface area contributed by atoms with Gasteiger partial charge in [-0.1, -0.05) is 18.2 Å². The van der Waals surface area contributed by atoms with Gasteiger partial charge in [0.1, 0.15) is 18.3 Å². The number of likely N-dealkylation sites (tertiary alicyclic amines) is 1. The molecule has 1 amide bonds. The number of hydrogen-bond acceptors (Lipinski definition) is 4. The number of benzene rings is 2. The van der Waals surface area contributed by atoms with Gasteiger partial charge in [0.05, 0.1) is 5.69 Å². The Morgan fingerprint density at radius 3 is 2.69 bits per heavy atom. The van der Waals surface area contributed by atoms with Crippen LogP contribution in [0.4, 0.5) is 11.4 Å². The summed E-state index contributed by atoms with van der Waals surface area (Å²) in [6, 6.07) is 15.4. The summed E-state index contributed by atoms with van der Waals surface area (Å²) in [6.07, 6.45) is 4.32. The molecule has 0 saturated carbocycles. The maximum Gasteiger partial charge on any atom is 0.237 e. The monoisotopic (exact) mass is 349 g/mol. The number of carbonyl (C=O) groups excluding carboxylic acids is 1. The lowest BCUT2D eigenvalue weighted by Gasteiger charge is -2.14.